The molecule has 5 rings (SSSR count). The van der Waals surface area contributed by atoms with Crippen molar-refractivity contribution in [3.63, 3.8) is 0 Å². The number of aryl methyl sites for hydroxylation is 2. The summed E-state index contributed by atoms with van der Waals surface area (Å²) in [5.74, 6) is 0.813. The quantitative estimate of drug-likeness (QED) is 0.346. The van der Waals surface area contributed by atoms with Crippen molar-refractivity contribution in [2.24, 2.45) is 0 Å². The molecule has 1 aliphatic heterocycles. The van der Waals surface area contributed by atoms with E-state index in [-0.39, 0.29) is 5.41 Å². The van der Waals surface area contributed by atoms with Crippen molar-refractivity contribution in [3.05, 3.63) is 88.6 Å². The summed E-state index contributed by atoms with van der Waals surface area (Å²) in [6.45, 7) is 12.7. The zero-order valence-electron chi connectivity index (χ0n) is 21.5. The van der Waals surface area contributed by atoms with E-state index in [0.717, 1.165) is 52.7 Å². The highest BCUT2D eigenvalue weighted by Crippen LogP contribution is 2.40. The van der Waals surface area contributed by atoms with Gasteiger partial charge in [-0.1, -0.05) is 57.2 Å². The summed E-state index contributed by atoms with van der Waals surface area (Å²) in [6, 6.07) is 21.0. The Morgan fingerprint density at radius 2 is 1.66 bits per heavy atom. The second-order valence-electron chi connectivity index (χ2n) is 10.5. The molecule has 0 aliphatic carbocycles. The number of nitrogens with zero attached hydrogens (tertiary/aromatic N) is 3. The largest absolute Gasteiger partial charge is 0.494 e. The molecule has 35 heavy (non-hydrogen) atoms. The standard InChI is InChI=1S/C30H34N4O/c1-19-10-13-22(30(3,4)5)16-26(19)33-17-24-25(18-33)32-34(28-20(2)8-7-9-27(28)35-6)29(24)21-11-14-23(31)15-12-21/h7-16H,17-18,31H2,1-6H3. The van der Waals surface area contributed by atoms with Gasteiger partial charge in [0.05, 0.1) is 25.0 Å². The van der Waals surface area contributed by atoms with Gasteiger partial charge in [-0.15, -0.1) is 0 Å². The number of para-hydroxylation sites is 1. The third-order valence-electron chi connectivity index (χ3n) is 6.99. The fourth-order valence-corrected chi connectivity index (χ4v) is 4.97. The van der Waals surface area contributed by atoms with E-state index in [2.05, 4.69) is 80.6 Å². The first kappa shape index (κ1) is 23.0. The lowest BCUT2D eigenvalue weighted by Gasteiger charge is -2.26. The predicted octanol–water partition coefficient (Wildman–Crippen LogP) is 6.56. The van der Waals surface area contributed by atoms with Crippen LogP contribution in [0.25, 0.3) is 16.9 Å². The van der Waals surface area contributed by atoms with Crippen LogP contribution in [0.4, 0.5) is 11.4 Å². The maximum Gasteiger partial charge on any atom is 0.144 e. The smallest absolute Gasteiger partial charge is 0.144 e. The van der Waals surface area contributed by atoms with Crippen LogP contribution in [0, 0.1) is 13.8 Å². The third kappa shape index (κ3) is 4.05. The highest BCUT2D eigenvalue weighted by Gasteiger charge is 2.31. The Bertz CT molecular complexity index is 1390. The number of hydrogen-bond acceptors (Lipinski definition) is 4. The summed E-state index contributed by atoms with van der Waals surface area (Å²) < 4.78 is 7.82. The molecule has 1 aromatic heterocycles. The number of methoxy groups -OCH3 is 1. The number of nitrogen functional groups attached to an aromatic ring is 1. The number of anilines is 2. The van der Waals surface area contributed by atoms with Gasteiger partial charge in [0.25, 0.3) is 0 Å². The average molecular weight is 467 g/mol. The van der Waals surface area contributed by atoms with Gasteiger partial charge in [0.2, 0.25) is 0 Å². The van der Waals surface area contributed by atoms with Crippen LogP contribution in [0.2, 0.25) is 0 Å². The summed E-state index contributed by atoms with van der Waals surface area (Å²) in [5, 5.41) is 5.17. The van der Waals surface area contributed by atoms with Crippen molar-refractivity contribution in [1.82, 2.24) is 9.78 Å². The highest BCUT2D eigenvalue weighted by atomic mass is 16.5. The molecule has 0 bridgehead atoms. The van der Waals surface area contributed by atoms with E-state index in [1.807, 2.05) is 24.3 Å². The summed E-state index contributed by atoms with van der Waals surface area (Å²) in [4.78, 5) is 2.45. The van der Waals surface area contributed by atoms with Crippen LogP contribution in [0.5, 0.6) is 5.75 Å². The highest BCUT2D eigenvalue weighted by molar-refractivity contribution is 5.73. The average Bonchev–Trinajstić information content (AvgIpc) is 3.37. The molecule has 0 spiro atoms. The van der Waals surface area contributed by atoms with Crippen molar-refractivity contribution < 1.29 is 4.74 Å². The van der Waals surface area contributed by atoms with Crippen LogP contribution < -0.4 is 15.4 Å². The Morgan fingerprint density at radius 1 is 0.914 bits per heavy atom. The summed E-state index contributed by atoms with van der Waals surface area (Å²) >= 11 is 0. The monoisotopic (exact) mass is 466 g/mol. The van der Waals surface area contributed by atoms with E-state index in [4.69, 9.17) is 15.6 Å². The van der Waals surface area contributed by atoms with E-state index in [9.17, 15) is 0 Å². The van der Waals surface area contributed by atoms with Crippen molar-refractivity contribution >= 4 is 11.4 Å². The molecule has 0 amide bonds. The molecule has 180 valence electrons. The zero-order chi connectivity index (χ0) is 24.9. The lowest BCUT2D eigenvalue weighted by Crippen LogP contribution is -2.19. The molecule has 1 aliphatic rings. The molecule has 0 saturated carbocycles. The Balaban J connectivity index is 1.65. The Hall–Kier alpha value is -3.73. The van der Waals surface area contributed by atoms with E-state index in [1.54, 1.807) is 7.11 Å². The first-order chi connectivity index (χ1) is 16.7. The third-order valence-corrected chi connectivity index (χ3v) is 6.99. The molecule has 0 saturated heterocycles. The Labute approximate surface area is 208 Å². The van der Waals surface area contributed by atoms with Gasteiger partial charge in [-0.25, -0.2) is 4.68 Å². The number of rotatable bonds is 4. The molecular weight excluding hydrogens is 432 g/mol. The Morgan fingerprint density at radius 3 is 2.34 bits per heavy atom. The van der Waals surface area contributed by atoms with Gasteiger partial charge in [0.15, 0.2) is 0 Å². The topological polar surface area (TPSA) is 56.3 Å². The molecule has 4 aromatic rings. The minimum absolute atomic E-state index is 0.0994. The number of nitrogens with two attached hydrogens (primary N) is 1. The number of hydrogen-bond donors (Lipinski definition) is 1. The summed E-state index contributed by atoms with van der Waals surface area (Å²) in [6.07, 6.45) is 0. The maximum absolute atomic E-state index is 6.03. The summed E-state index contributed by atoms with van der Waals surface area (Å²) in [5.41, 5.74) is 17.4. The second-order valence-corrected chi connectivity index (χ2v) is 10.5. The molecule has 5 nitrogen and oxygen atoms in total. The van der Waals surface area contributed by atoms with Crippen molar-refractivity contribution in [3.8, 4) is 22.7 Å². The molecule has 0 radical (unpaired) electrons. The molecule has 3 aromatic carbocycles. The fourth-order valence-electron chi connectivity index (χ4n) is 4.97. The fraction of sp³-hybridized carbons (Fsp3) is 0.300. The summed E-state index contributed by atoms with van der Waals surface area (Å²) in [7, 11) is 1.71. The Kier molecular flexibility index (Phi) is 5.59. The molecule has 0 atom stereocenters. The van der Waals surface area contributed by atoms with E-state index < -0.39 is 0 Å². The molecule has 2 N–H and O–H groups in total. The van der Waals surface area contributed by atoms with Crippen LogP contribution >= 0.6 is 0 Å². The van der Waals surface area contributed by atoms with Crippen LogP contribution in [0.1, 0.15) is 48.7 Å². The lowest BCUT2D eigenvalue weighted by molar-refractivity contribution is 0.411. The van der Waals surface area contributed by atoms with Crippen LogP contribution in [0.3, 0.4) is 0 Å². The van der Waals surface area contributed by atoms with Gasteiger partial charge < -0.3 is 15.4 Å². The van der Waals surface area contributed by atoms with Gasteiger partial charge in [-0.05, 0) is 60.2 Å². The van der Waals surface area contributed by atoms with Crippen molar-refractivity contribution in [2.45, 2.75) is 53.1 Å². The normalized spacial score (nSPS) is 13.3. The minimum Gasteiger partial charge on any atom is -0.494 e. The number of ether oxygens (including phenoxy) is 1. The van der Waals surface area contributed by atoms with Crippen molar-refractivity contribution in [1.29, 1.82) is 0 Å². The van der Waals surface area contributed by atoms with Gasteiger partial charge in [-0.2, -0.15) is 5.10 Å². The first-order valence-corrected chi connectivity index (χ1v) is 12.1. The molecule has 0 fully saturated rings. The van der Waals surface area contributed by atoms with Gasteiger partial charge >= 0.3 is 0 Å². The van der Waals surface area contributed by atoms with Crippen LogP contribution in [-0.2, 0) is 18.5 Å². The van der Waals surface area contributed by atoms with Crippen LogP contribution in [-0.4, -0.2) is 16.9 Å². The SMILES string of the molecule is COc1cccc(C)c1-n1nc2c(c1-c1ccc(N)cc1)CN(c1cc(C(C)(C)C)ccc1C)C2. The van der Waals surface area contributed by atoms with Crippen molar-refractivity contribution in [2.75, 3.05) is 17.7 Å². The van der Waals surface area contributed by atoms with Gasteiger partial charge in [0, 0.05) is 29.0 Å². The molecule has 2 heterocycles. The van der Waals surface area contributed by atoms with E-state index in [1.165, 1.54) is 22.4 Å². The van der Waals surface area contributed by atoms with E-state index >= 15 is 0 Å². The zero-order valence-corrected chi connectivity index (χ0v) is 21.5. The van der Waals surface area contributed by atoms with E-state index in [0.29, 0.717) is 0 Å². The lowest BCUT2D eigenvalue weighted by atomic mass is 9.86. The molecule has 0 unspecified atom stereocenters. The van der Waals surface area contributed by atoms with Gasteiger partial charge in [-0.3, -0.25) is 0 Å². The molecule has 5 heteroatoms. The number of benzene rings is 3. The predicted molar refractivity (Wildman–Crippen MR) is 144 cm³/mol. The number of fused-ring (bicyclic) bond motifs is 1. The van der Waals surface area contributed by atoms with Crippen LogP contribution in [0.15, 0.2) is 60.7 Å². The maximum atomic E-state index is 6.03. The van der Waals surface area contributed by atoms with Gasteiger partial charge in [0.1, 0.15) is 11.4 Å². The number of aromatic nitrogens is 2. The minimum atomic E-state index is 0.0994. The molecular formula is C30H34N4O. The second kappa shape index (κ2) is 8.49. The first-order valence-electron chi connectivity index (χ1n) is 12.1.